The van der Waals surface area contributed by atoms with E-state index in [-0.39, 0.29) is 6.10 Å². The summed E-state index contributed by atoms with van der Waals surface area (Å²) in [6.45, 7) is 5.75. The summed E-state index contributed by atoms with van der Waals surface area (Å²) in [5.41, 5.74) is 2.61. The molecule has 0 spiro atoms. The molecule has 1 aliphatic rings. The van der Waals surface area contributed by atoms with E-state index >= 15 is 0 Å². The Morgan fingerprint density at radius 1 is 0.963 bits per heavy atom. The van der Waals surface area contributed by atoms with Crippen molar-refractivity contribution in [1.29, 1.82) is 0 Å². The van der Waals surface area contributed by atoms with Gasteiger partial charge in [0, 0.05) is 37.3 Å². The molecule has 144 valence electrons. The fourth-order valence-corrected chi connectivity index (χ4v) is 4.74. The SMILES string of the molecule is CC1(C)OCC(CCCCCn2c3ccc(Br)cc3c3cc(Br)ccc32)O1. The second-order valence-electron chi connectivity index (χ2n) is 7.77. The van der Waals surface area contributed by atoms with Gasteiger partial charge in [0.15, 0.2) is 5.79 Å². The lowest BCUT2D eigenvalue weighted by atomic mass is 10.1. The van der Waals surface area contributed by atoms with Crippen molar-refractivity contribution in [3.8, 4) is 0 Å². The van der Waals surface area contributed by atoms with Gasteiger partial charge in [-0.3, -0.25) is 0 Å². The van der Waals surface area contributed by atoms with Gasteiger partial charge >= 0.3 is 0 Å². The fraction of sp³-hybridized carbons (Fsp3) is 0.455. The number of aryl methyl sites for hydroxylation is 1. The quantitative estimate of drug-likeness (QED) is 0.343. The highest BCUT2D eigenvalue weighted by molar-refractivity contribution is 9.10. The molecule has 0 saturated carbocycles. The van der Waals surface area contributed by atoms with E-state index < -0.39 is 5.79 Å². The predicted octanol–water partition coefficient (Wildman–Crippen LogP) is 7.03. The zero-order chi connectivity index (χ0) is 19.0. The van der Waals surface area contributed by atoms with Gasteiger partial charge in [0.25, 0.3) is 0 Å². The molecule has 1 atom stereocenters. The summed E-state index contributed by atoms with van der Waals surface area (Å²) in [4.78, 5) is 0. The van der Waals surface area contributed by atoms with E-state index in [2.05, 4.69) is 72.8 Å². The minimum absolute atomic E-state index is 0.253. The summed E-state index contributed by atoms with van der Waals surface area (Å²) in [7, 11) is 0. The summed E-state index contributed by atoms with van der Waals surface area (Å²) in [5.74, 6) is -0.407. The highest BCUT2D eigenvalue weighted by Gasteiger charge is 2.31. The molecule has 1 aromatic heterocycles. The number of unbranched alkanes of at least 4 members (excludes halogenated alkanes) is 2. The van der Waals surface area contributed by atoms with E-state index in [0.717, 1.165) is 28.5 Å². The molecule has 0 amide bonds. The molecule has 1 aliphatic heterocycles. The maximum absolute atomic E-state index is 5.90. The van der Waals surface area contributed by atoms with Crippen molar-refractivity contribution in [3.63, 3.8) is 0 Å². The normalized spacial score (nSPS) is 19.3. The van der Waals surface area contributed by atoms with Crippen molar-refractivity contribution < 1.29 is 9.47 Å². The van der Waals surface area contributed by atoms with Crippen LogP contribution in [0.3, 0.4) is 0 Å². The number of hydrogen-bond donors (Lipinski definition) is 0. The first-order chi connectivity index (χ1) is 12.9. The van der Waals surface area contributed by atoms with Crippen LogP contribution in [0.1, 0.15) is 39.5 Å². The van der Waals surface area contributed by atoms with Crippen molar-refractivity contribution in [1.82, 2.24) is 4.57 Å². The van der Waals surface area contributed by atoms with Gasteiger partial charge < -0.3 is 14.0 Å². The largest absolute Gasteiger partial charge is 0.348 e. The molecule has 4 rings (SSSR count). The average molecular weight is 495 g/mol. The van der Waals surface area contributed by atoms with Crippen LogP contribution in [0.4, 0.5) is 0 Å². The molecule has 5 heteroatoms. The first kappa shape index (κ1) is 19.4. The number of aromatic nitrogens is 1. The smallest absolute Gasteiger partial charge is 0.163 e. The molecule has 1 unspecified atom stereocenters. The Kier molecular flexibility index (Phi) is 5.66. The minimum atomic E-state index is -0.407. The Hall–Kier alpha value is -0.880. The first-order valence-corrected chi connectivity index (χ1v) is 11.2. The fourth-order valence-electron chi connectivity index (χ4n) is 4.01. The van der Waals surface area contributed by atoms with Crippen LogP contribution >= 0.6 is 31.9 Å². The van der Waals surface area contributed by atoms with Crippen LogP contribution in [-0.4, -0.2) is 23.1 Å². The molecule has 2 heterocycles. The van der Waals surface area contributed by atoms with Crippen LogP contribution in [0.2, 0.25) is 0 Å². The molecule has 0 radical (unpaired) electrons. The Morgan fingerprint density at radius 2 is 1.59 bits per heavy atom. The Labute approximate surface area is 177 Å². The summed E-state index contributed by atoms with van der Waals surface area (Å²) in [6.07, 6.45) is 4.88. The monoisotopic (exact) mass is 493 g/mol. The molecule has 0 bridgehead atoms. The summed E-state index contributed by atoms with van der Waals surface area (Å²) in [5, 5.41) is 2.61. The van der Waals surface area contributed by atoms with Gasteiger partial charge in [-0.15, -0.1) is 0 Å². The molecule has 1 fully saturated rings. The van der Waals surface area contributed by atoms with Crippen LogP contribution < -0.4 is 0 Å². The topological polar surface area (TPSA) is 23.4 Å². The number of ether oxygens (including phenoxy) is 2. The Balaban J connectivity index is 1.44. The van der Waals surface area contributed by atoms with Crippen LogP contribution in [-0.2, 0) is 16.0 Å². The van der Waals surface area contributed by atoms with Crippen LogP contribution in [0, 0.1) is 0 Å². The Bertz CT molecular complexity index is 905. The lowest BCUT2D eigenvalue weighted by molar-refractivity contribution is -0.139. The highest BCUT2D eigenvalue weighted by atomic mass is 79.9. The minimum Gasteiger partial charge on any atom is -0.348 e. The second kappa shape index (κ2) is 7.86. The number of fused-ring (bicyclic) bond motifs is 3. The summed E-state index contributed by atoms with van der Waals surface area (Å²) in [6, 6.07) is 13.1. The van der Waals surface area contributed by atoms with Gasteiger partial charge in [-0.05, 0) is 63.1 Å². The third-order valence-corrected chi connectivity index (χ3v) is 6.25. The van der Waals surface area contributed by atoms with Gasteiger partial charge in [-0.1, -0.05) is 44.7 Å². The highest BCUT2D eigenvalue weighted by Crippen LogP contribution is 2.33. The molecule has 27 heavy (non-hydrogen) atoms. The van der Waals surface area contributed by atoms with Gasteiger partial charge in [-0.25, -0.2) is 0 Å². The second-order valence-corrected chi connectivity index (χ2v) is 9.61. The number of nitrogens with zero attached hydrogens (tertiary/aromatic N) is 1. The lowest BCUT2D eigenvalue weighted by Crippen LogP contribution is -2.21. The molecule has 1 saturated heterocycles. The van der Waals surface area contributed by atoms with Crippen molar-refractivity contribution in [2.75, 3.05) is 6.61 Å². The molecule has 0 aliphatic carbocycles. The van der Waals surface area contributed by atoms with Gasteiger partial charge in [-0.2, -0.15) is 0 Å². The van der Waals surface area contributed by atoms with Crippen LogP contribution in [0.25, 0.3) is 21.8 Å². The molecule has 3 aromatic rings. The number of rotatable bonds is 6. The van der Waals surface area contributed by atoms with E-state index in [9.17, 15) is 0 Å². The maximum atomic E-state index is 5.90. The summed E-state index contributed by atoms with van der Waals surface area (Å²) < 4.78 is 16.3. The molecular weight excluding hydrogens is 470 g/mol. The van der Waals surface area contributed by atoms with E-state index in [1.54, 1.807) is 0 Å². The third-order valence-electron chi connectivity index (χ3n) is 5.26. The Morgan fingerprint density at radius 3 is 2.15 bits per heavy atom. The third kappa shape index (κ3) is 4.26. The van der Waals surface area contributed by atoms with E-state index in [0.29, 0.717) is 0 Å². The molecule has 3 nitrogen and oxygen atoms in total. The zero-order valence-electron chi connectivity index (χ0n) is 15.8. The number of benzene rings is 2. The van der Waals surface area contributed by atoms with Gasteiger partial charge in [0.1, 0.15) is 0 Å². The van der Waals surface area contributed by atoms with E-state index in [1.165, 1.54) is 41.1 Å². The van der Waals surface area contributed by atoms with Crippen LogP contribution in [0.15, 0.2) is 45.3 Å². The van der Waals surface area contributed by atoms with Crippen molar-refractivity contribution in [3.05, 3.63) is 45.3 Å². The van der Waals surface area contributed by atoms with Crippen LogP contribution in [0.5, 0.6) is 0 Å². The molecule has 2 aromatic carbocycles. The van der Waals surface area contributed by atoms with Gasteiger partial charge in [0.2, 0.25) is 0 Å². The van der Waals surface area contributed by atoms with Crippen molar-refractivity contribution >= 4 is 53.7 Å². The zero-order valence-corrected chi connectivity index (χ0v) is 19.0. The van der Waals surface area contributed by atoms with Crippen molar-refractivity contribution in [2.45, 2.75) is 58.0 Å². The number of hydrogen-bond acceptors (Lipinski definition) is 2. The lowest BCUT2D eigenvalue weighted by Gasteiger charge is -2.17. The number of halogens is 2. The van der Waals surface area contributed by atoms with E-state index in [1.807, 2.05) is 13.8 Å². The average Bonchev–Trinajstić information content (AvgIpc) is 3.11. The van der Waals surface area contributed by atoms with Gasteiger partial charge in [0.05, 0.1) is 12.7 Å². The maximum Gasteiger partial charge on any atom is 0.163 e. The summed E-state index contributed by atoms with van der Waals surface area (Å²) >= 11 is 7.23. The standard InChI is InChI=1S/C22H25Br2NO2/c1-22(2)26-14-17(27-22)6-4-3-5-11-25-20-9-7-15(23)12-18(20)19-13-16(24)8-10-21(19)25/h7-10,12-13,17H,3-6,11,14H2,1-2H3. The molecular formula is C22H25Br2NO2. The van der Waals surface area contributed by atoms with E-state index in [4.69, 9.17) is 9.47 Å². The predicted molar refractivity (Wildman–Crippen MR) is 118 cm³/mol. The van der Waals surface area contributed by atoms with Crippen molar-refractivity contribution in [2.24, 2.45) is 0 Å². The molecule has 0 N–H and O–H groups in total. The first-order valence-electron chi connectivity index (χ1n) is 9.62.